The molecule has 0 amide bonds. The monoisotopic (exact) mass is 304 g/mol. The van der Waals surface area contributed by atoms with Gasteiger partial charge in [-0.1, -0.05) is 38.1 Å². The molecule has 2 nitrogen and oxygen atoms in total. The van der Waals surface area contributed by atoms with E-state index in [1.54, 1.807) is 0 Å². The smallest absolute Gasteiger partial charge is 0.106 e. The highest BCUT2D eigenvalue weighted by Crippen LogP contribution is 2.16. The third-order valence-corrected chi connectivity index (χ3v) is 3.34. The van der Waals surface area contributed by atoms with E-state index in [1.165, 1.54) is 11.1 Å². The molecule has 3 heteroatoms. The Bertz CT molecular complexity index is 489. The average Bonchev–Trinajstić information content (AvgIpc) is 2.38. The number of anilines is 1. The van der Waals surface area contributed by atoms with E-state index in [0.717, 1.165) is 16.8 Å². The fraction of sp³-hybridized carbons (Fsp3) is 0.267. The van der Waals surface area contributed by atoms with Crippen molar-refractivity contribution in [3.05, 3.63) is 58.3 Å². The number of hydrogen-bond acceptors (Lipinski definition) is 2. The molecule has 0 radical (unpaired) electrons. The third kappa shape index (κ3) is 3.57. The van der Waals surface area contributed by atoms with Crippen LogP contribution in [0.3, 0.4) is 0 Å². The van der Waals surface area contributed by atoms with Gasteiger partial charge in [0.05, 0.1) is 11.9 Å². The Hall–Kier alpha value is -1.35. The number of rotatable bonds is 4. The van der Waals surface area contributed by atoms with Crippen molar-refractivity contribution in [2.75, 3.05) is 5.32 Å². The quantitative estimate of drug-likeness (QED) is 0.836. The standard InChI is InChI=1S/C15H17BrN2/c1-11(2)13-5-3-12(4-6-13)9-17-14-7-8-15(16)18-10-14/h3-8,10-11,17H,9H2,1-2H3. The molecule has 1 aromatic heterocycles. The van der Waals surface area contributed by atoms with Crippen molar-refractivity contribution < 1.29 is 0 Å². The lowest BCUT2D eigenvalue weighted by molar-refractivity contribution is 0.865. The molecule has 0 bridgehead atoms. The molecule has 0 unspecified atom stereocenters. The number of hydrogen-bond donors (Lipinski definition) is 1. The SMILES string of the molecule is CC(C)c1ccc(CNc2ccc(Br)nc2)cc1. The molecule has 0 fully saturated rings. The minimum atomic E-state index is 0.586. The lowest BCUT2D eigenvalue weighted by Gasteiger charge is -2.08. The molecular weight excluding hydrogens is 288 g/mol. The molecule has 2 aromatic rings. The van der Waals surface area contributed by atoms with Crippen LogP contribution in [0.25, 0.3) is 0 Å². The van der Waals surface area contributed by atoms with Crippen LogP contribution in [0.2, 0.25) is 0 Å². The average molecular weight is 305 g/mol. The van der Waals surface area contributed by atoms with Gasteiger partial charge in [0.15, 0.2) is 0 Å². The van der Waals surface area contributed by atoms with Gasteiger partial charge in [-0.2, -0.15) is 0 Å². The van der Waals surface area contributed by atoms with Crippen LogP contribution in [0, 0.1) is 0 Å². The van der Waals surface area contributed by atoms with Crippen LogP contribution in [-0.2, 0) is 6.54 Å². The molecule has 0 spiro atoms. The Morgan fingerprint density at radius 2 is 1.83 bits per heavy atom. The Morgan fingerprint density at radius 1 is 1.11 bits per heavy atom. The van der Waals surface area contributed by atoms with Gasteiger partial charge in [0, 0.05) is 6.54 Å². The molecule has 1 N–H and O–H groups in total. The van der Waals surface area contributed by atoms with E-state index in [-0.39, 0.29) is 0 Å². The number of pyridine rings is 1. The summed E-state index contributed by atoms with van der Waals surface area (Å²) in [6.07, 6.45) is 1.83. The summed E-state index contributed by atoms with van der Waals surface area (Å²) in [5, 5.41) is 3.35. The number of aromatic nitrogens is 1. The van der Waals surface area contributed by atoms with Gasteiger partial charge in [-0.15, -0.1) is 0 Å². The number of nitrogens with one attached hydrogen (secondary N) is 1. The lowest BCUT2D eigenvalue weighted by atomic mass is 10.0. The molecule has 0 saturated carbocycles. The summed E-state index contributed by atoms with van der Waals surface area (Å²) in [6, 6.07) is 12.7. The van der Waals surface area contributed by atoms with Gasteiger partial charge in [-0.05, 0) is 45.1 Å². The first kappa shape index (κ1) is 13.1. The molecule has 1 aromatic carbocycles. The van der Waals surface area contributed by atoms with Gasteiger partial charge >= 0.3 is 0 Å². The van der Waals surface area contributed by atoms with E-state index in [1.807, 2.05) is 18.3 Å². The second-order valence-electron chi connectivity index (χ2n) is 4.62. The summed E-state index contributed by atoms with van der Waals surface area (Å²) >= 11 is 3.32. The maximum absolute atomic E-state index is 4.18. The molecule has 0 aliphatic carbocycles. The molecule has 1 heterocycles. The zero-order valence-corrected chi connectivity index (χ0v) is 12.2. The van der Waals surface area contributed by atoms with Crippen molar-refractivity contribution in [2.45, 2.75) is 26.3 Å². The van der Waals surface area contributed by atoms with Crippen molar-refractivity contribution in [3.63, 3.8) is 0 Å². The van der Waals surface area contributed by atoms with E-state index in [9.17, 15) is 0 Å². The third-order valence-electron chi connectivity index (χ3n) is 2.87. The van der Waals surface area contributed by atoms with E-state index in [2.05, 4.69) is 64.3 Å². The van der Waals surface area contributed by atoms with E-state index >= 15 is 0 Å². The van der Waals surface area contributed by atoms with Crippen LogP contribution in [0.15, 0.2) is 47.2 Å². The predicted molar refractivity (Wildman–Crippen MR) is 79.8 cm³/mol. The minimum Gasteiger partial charge on any atom is -0.380 e. The summed E-state index contributed by atoms with van der Waals surface area (Å²) < 4.78 is 0.856. The summed E-state index contributed by atoms with van der Waals surface area (Å²) in [7, 11) is 0. The lowest BCUT2D eigenvalue weighted by Crippen LogP contribution is -2.00. The molecule has 0 atom stereocenters. The van der Waals surface area contributed by atoms with Crippen LogP contribution in [-0.4, -0.2) is 4.98 Å². The zero-order chi connectivity index (χ0) is 13.0. The topological polar surface area (TPSA) is 24.9 Å². The maximum Gasteiger partial charge on any atom is 0.106 e. The number of benzene rings is 1. The van der Waals surface area contributed by atoms with Crippen LogP contribution in [0.4, 0.5) is 5.69 Å². The Labute approximate surface area is 117 Å². The van der Waals surface area contributed by atoms with Crippen LogP contribution in [0.1, 0.15) is 30.9 Å². The Balaban J connectivity index is 1.95. The van der Waals surface area contributed by atoms with Crippen LogP contribution in [0.5, 0.6) is 0 Å². The molecule has 94 valence electrons. The maximum atomic E-state index is 4.18. The molecular formula is C15H17BrN2. The Morgan fingerprint density at radius 3 is 2.39 bits per heavy atom. The zero-order valence-electron chi connectivity index (χ0n) is 10.7. The summed E-state index contributed by atoms with van der Waals surface area (Å²) in [4.78, 5) is 4.18. The minimum absolute atomic E-state index is 0.586. The second kappa shape index (κ2) is 6.01. The fourth-order valence-corrected chi connectivity index (χ4v) is 1.94. The summed E-state index contributed by atoms with van der Waals surface area (Å²) in [5.41, 5.74) is 3.69. The molecule has 0 aliphatic heterocycles. The highest BCUT2D eigenvalue weighted by atomic mass is 79.9. The van der Waals surface area contributed by atoms with Crippen molar-refractivity contribution in [3.8, 4) is 0 Å². The normalized spacial score (nSPS) is 10.7. The molecule has 2 rings (SSSR count). The van der Waals surface area contributed by atoms with Crippen LogP contribution < -0.4 is 5.32 Å². The van der Waals surface area contributed by atoms with E-state index in [0.29, 0.717) is 5.92 Å². The number of halogens is 1. The summed E-state index contributed by atoms with van der Waals surface area (Å²) in [5.74, 6) is 0.586. The van der Waals surface area contributed by atoms with Gasteiger partial charge in [-0.3, -0.25) is 0 Å². The van der Waals surface area contributed by atoms with Gasteiger partial charge in [0.25, 0.3) is 0 Å². The first-order valence-corrected chi connectivity index (χ1v) is 6.88. The molecule has 18 heavy (non-hydrogen) atoms. The first-order valence-electron chi connectivity index (χ1n) is 6.09. The first-order chi connectivity index (χ1) is 8.65. The highest BCUT2D eigenvalue weighted by molar-refractivity contribution is 9.10. The van der Waals surface area contributed by atoms with E-state index < -0.39 is 0 Å². The van der Waals surface area contributed by atoms with Crippen molar-refractivity contribution >= 4 is 21.6 Å². The van der Waals surface area contributed by atoms with Gasteiger partial charge < -0.3 is 5.32 Å². The molecule has 0 saturated heterocycles. The predicted octanol–water partition coefficient (Wildman–Crippen LogP) is 4.58. The van der Waals surface area contributed by atoms with Crippen molar-refractivity contribution in [1.29, 1.82) is 0 Å². The summed E-state index contributed by atoms with van der Waals surface area (Å²) in [6.45, 7) is 5.24. The molecule has 0 aliphatic rings. The fourth-order valence-electron chi connectivity index (χ4n) is 1.70. The van der Waals surface area contributed by atoms with Gasteiger partial charge in [-0.25, -0.2) is 4.98 Å². The highest BCUT2D eigenvalue weighted by Gasteiger charge is 1.99. The van der Waals surface area contributed by atoms with Crippen molar-refractivity contribution in [1.82, 2.24) is 4.98 Å². The van der Waals surface area contributed by atoms with Gasteiger partial charge in [0.2, 0.25) is 0 Å². The largest absolute Gasteiger partial charge is 0.380 e. The van der Waals surface area contributed by atoms with Gasteiger partial charge in [0.1, 0.15) is 4.60 Å². The second-order valence-corrected chi connectivity index (χ2v) is 5.43. The van der Waals surface area contributed by atoms with Crippen LogP contribution >= 0.6 is 15.9 Å². The number of nitrogens with zero attached hydrogens (tertiary/aromatic N) is 1. The van der Waals surface area contributed by atoms with Crippen molar-refractivity contribution in [2.24, 2.45) is 0 Å². The Kier molecular flexibility index (Phi) is 4.37. The van der Waals surface area contributed by atoms with E-state index in [4.69, 9.17) is 0 Å².